The summed E-state index contributed by atoms with van der Waals surface area (Å²) < 4.78 is 0. The van der Waals surface area contributed by atoms with Gasteiger partial charge in [-0.3, -0.25) is 0 Å². The third-order valence-electron chi connectivity index (χ3n) is 0.556. The van der Waals surface area contributed by atoms with E-state index in [1.54, 1.807) is 0 Å². The van der Waals surface area contributed by atoms with E-state index in [2.05, 4.69) is 0 Å². The first-order valence-corrected chi connectivity index (χ1v) is 3.01. The number of hydrogen-bond donors (Lipinski definition) is 0. The van der Waals surface area contributed by atoms with E-state index in [1.165, 1.54) is 0 Å². The molecule has 0 spiro atoms. The van der Waals surface area contributed by atoms with Gasteiger partial charge in [-0.05, 0) is 21.1 Å². The van der Waals surface area contributed by atoms with Crippen molar-refractivity contribution in [2.24, 2.45) is 0 Å². The van der Waals surface area contributed by atoms with Gasteiger partial charge in [-0.25, -0.2) is 0 Å². The molecule has 0 atom stereocenters. The summed E-state index contributed by atoms with van der Waals surface area (Å²) in [6.07, 6.45) is 10.0. The Morgan fingerprint density at radius 2 is 1.10 bits per heavy atom. The maximum absolute atomic E-state index is 2.00. The van der Waals surface area contributed by atoms with E-state index < -0.39 is 0 Å². The number of hydrogen-bond acceptors (Lipinski definition) is 1. The predicted molar refractivity (Wildman–Crippen MR) is 42.2 cm³/mol. The number of allylic oxidation sites excluding steroid dienone is 4. The van der Waals surface area contributed by atoms with E-state index >= 15 is 0 Å². The van der Waals surface area contributed by atoms with Gasteiger partial charge in [-0.2, -0.15) is 0 Å². The van der Waals surface area contributed by atoms with Gasteiger partial charge in [0.15, 0.2) is 0 Å². The maximum Gasteiger partial charge on any atom is 0.00506 e. The first-order valence-electron chi connectivity index (χ1n) is 3.01. The Morgan fingerprint density at radius 3 is 1.20 bits per heavy atom. The van der Waals surface area contributed by atoms with Crippen molar-refractivity contribution in [2.45, 2.75) is 0 Å². The van der Waals surface area contributed by atoms with Gasteiger partial charge in [0.1, 0.15) is 0 Å². The smallest absolute Gasteiger partial charge is 0.00506 e. The molecule has 0 aromatic carbocycles. The average Bonchev–Trinajstić information content (AvgIpc) is 2.11. The topological polar surface area (TPSA) is 3.24 Å². The van der Waals surface area contributed by atoms with Gasteiger partial charge in [-0.1, -0.05) is 24.3 Å². The zero-order valence-electron chi connectivity index (χ0n) is 6.71. The zero-order chi connectivity index (χ0) is 7.11. The summed E-state index contributed by atoms with van der Waals surface area (Å²) in [4.78, 5) is 2.00. The van der Waals surface area contributed by atoms with Gasteiger partial charge in [0.25, 0.3) is 0 Å². The van der Waals surface area contributed by atoms with Crippen molar-refractivity contribution in [1.82, 2.24) is 4.90 Å². The zero-order valence-corrected chi connectivity index (χ0v) is 7.89. The molecule has 0 aromatic heterocycles. The fourth-order valence-corrected chi connectivity index (χ4v) is 0.321. The second kappa shape index (κ2) is 8.96. The molecule has 0 saturated carbocycles. The summed E-state index contributed by atoms with van der Waals surface area (Å²) in [5.41, 5.74) is 0. The number of nitrogens with zero attached hydrogens (tertiary/aromatic N) is 1. The van der Waals surface area contributed by atoms with Crippen molar-refractivity contribution >= 4 is 0 Å². The van der Waals surface area contributed by atoms with Gasteiger partial charge in [-0.15, -0.1) is 0 Å². The Labute approximate surface area is 74.3 Å². The average molecular weight is 179 g/mol. The molecule has 0 aliphatic heterocycles. The molecule has 0 amide bonds. The minimum Gasteiger partial charge on any atom is -0.312 e. The quantitative estimate of drug-likeness (QED) is 0.509. The fraction of sp³-hybridized carbons (Fsp3) is 0.375. The van der Waals surface area contributed by atoms with Crippen LogP contribution >= 0.6 is 0 Å². The van der Waals surface area contributed by atoms with Crippen LogP contribution in [0.1, 0.15) is 0 Å². The van der Waals surface area contributed by atoms with Crippen molar-refractivity contribution in [1.29, 1.82) is 0 Å². The molecule has 0 bridgehead atoms. The largest absolute Gasteiger partial charge is 0.312 e. The Morgan fingerprint density at radius 1 is 0.800 bits per heavy atom. The molecule has 1 aliphatic rings. The second-order valence-corrected chi connectivity index (χ2v) is 2.30. The Bertz CT molecular complexity index is 93.1. The fourth-order valence-electron chi connectivity index (χ4n) is 0.321. The maximum atomic E-state index is 2.00. The van der Waals surface area contributed by atoms with E-state index in [0.717, 1.165) is 0 Å². The van der Waals surface area contributed by atoms with Gasteiger partial charge in [0, 0.05) is 23.5 Å². The molecule has 0 aromatic rings. The summed E-state index contributed by atoms with van der Waals surface area (Å²) in [7, 11) is 6.00. The first-order chi connectivity index (χ1) is 4.23. The first kappa shape index (κ1) is 12.6. The van der Waals surface area contributed by atoms with Crippen LogP contribution in [0.25, 0.3) is 0 Å². The van der Waals surface area contributed by atoms with Gasteiger partial charge in [0.05, 0.1) is 0 Å². The van der Waals surface area contributed by atoms with Crippen LogP contribution < -0.4 is 0 Å². The Hall–Kier alpha value is -0.0405. The molecule has 0 N–H and O–H groups in total. The van der Waals surface area contributed by atoms with Crippen molar-refractivity contribution < 1.29 is 17.1 Å². The van der Waals surface area contributed by atoms with Crippen LogP contribution in [0.15, 0.2) is 24.3 Å². The minimum atomic E-state index is 0. The molecule has 1 nitrogen and oxygen atoms in total. The molecule has 2 heteroatoms. The van der Waals surface area contributed by atoms with Gasteiger partial charge < -0.3 is 4.90 Å². The van der Waals surface area contributed by atoms with Crippen LogP contribution in [-0.4, -0.2) is 26.0 Å². The molecule has 0 fully saturated rings. The van der Waals surface area contributed by atoms with Crippen LogP contribution in [0.5, 0.6) is 0 Å². The summed E-state index contributed by atoms with van der Waals surface area (Å²) >= 11 is 0. The molecule has 58 valence electrons. The Balaban J connectivity index is 0. The molecule has 0 unspecified atom stereocenters. The third kappa shape index (κ3) is 15.7. The monoisotopic (exact) mass is 179 g/mol. The third-order valence-corrected chi connectivity index (χ3v) is 0.556. The van der Waals surface area contributed by atoms with Gasteiger partial charge >= 0.3 is 0 Å². The second-order valence-electron chi connectivity index (χ2n) is 2.30. The SMILES string of the molecule is CN(C)C.[CH]1C=CC=C1.[Mn]. The standard InChI is InChI=1S/C5H5.C3H9N.Mn/c1-2-4-5-3-1;1-4(2)3;/h1-5H;1-3H3;. The molecular formula is C8H14MnN. The van der Waals surface area contributed by atoms with Crippen LogP contribution in [-0.2, 0) is 17.1 Å². The van der Waals surface area contributed by atoms with Crippen molar-refractivity contribution in [3.63, 3.8) is 0 Å². The van der Waals surface area contributed by atoms with E-state index in [9.17, 15) is 0 Å². The summed E-state index contributed by atoms with van der Waals surface area (Å²) in [6, 6.07) is 0. The molecular weight excluding hydrogens is 165 g/mol. The van der Waals surface area contributed by atoms with Crippen molar-refractivity contribution in [3.8, 4) is 0 Å². The van der Waals surface area contributed by atoms with E-state index in [1.807, 2.05) is 56.8 Å². The molecule has 2 radical (unpaired) electrons. The number of rotatable bonds is 0. The molecule has 10 heavy (non-hydrogen) atoms. The summed E-state index contributed by atoms with van der Waals surface area (Å²) in [5.74, 6) is 0. The predicted octanol–water partition coefficient (Wildman–Crippen LogP) is 1.49. The van der Waals surface area contributed by atoms with E-state index in [4.69, 9.17) is 0 Å². The molecule has 1 aliphatic carbocycles. The Kier molecular flexibility index (Phi) is 11.3. The van der Waals surface area contributed by atoms with Crippen molar-refractivity contribution in [3.05, 3.63) is 30.7 Å². The van der Waals surface area contributed by atoms with E-state index in [0.29, 0.717) is 0 Å². The van der Waals surface area contributed by atoms with Crippen LogP contribution in [0.3, 0.4) is 0 Å². The summed E-state index contributed by atoms with van der Waals surface area (Å²) in [6.45, 7) is 0. The van der Waals surface area contributed by atoms with Crippen molar-refractivity contribution in [2.75, 3.05) is 21.1 Å². The van der Waals surface area contributed by atoms with Crippen LogP contribution in [0.2, 0.25) is 0 Å². The molecule has 1 rings (SSSR count). The normalized spacial score (nSPS) is 12.4. The molecule has 0 saturated heterocycles. The van der Waals surface area contributed by atoms with Gasteiger partial charge in [0.2, 0.25) is 0 Å². The van der Waals surface area contributed by atoms with E-state index in [-0.39, 0.29) is 17.1 Å². The molecule has 0 heterocycles. The van der Waals surface area contributed by atoms with Crippen LogP contribution in [0.4, 0.5) is 0 Å². The van der Waals surface area contributed by atoms with Crippen LogP contribution in [0, 0.1) is 6.42 Å². The summed E-state index contributed by atoms with van der Waals surface area (Å²) in [5, 5.41) is 0. The minimum absolute atomic E-state index is 0.